The molecule has 1 aliphatic heterocycles. The molecule has 3 rings (SSSR count). The number of halogens is 1. The zero-order valence-electron chi connectivity index (χ0n) is 14.7. The summed E-state index contributed by atoms with van der Waals surface area (Å²) in [6, 6.07) is 7.31. The van der Waals surface area contributed by atoms with Crippen LogP contribution in [0.15, 0.2) is 30.5 Å². The molecule has 1 N–H and O–H groups in total. The molecular weight excluding hydrogens is 356 g/mol. The summed E-state index contributed by atoms with van der Waals surface area (Å²) < 4.78 is 0. The minimum Gasteiger partial charge on any atom is -0.351 e. The maximum Gasteiger partial charge on any atom is 0.329 e. The van der Waals surface area contributed by atoms with Crippen LogP contribution in [0.1, 0.15) is 12.8 Å². The van der Waals surface area contributed by atoms with E-state index in [-0.39, 0.29) is 11.7 Å². The first-order valence-corrected chi connectivity index (χ1v) is 8.77. The molecule has 138 valence electrons. The fourth-order valence-electron chi connectivity index (χ4n) is 3.03. The molecule has 1 aromatic carbocycles. The van der Waals surface area contributed by atoms with Gasteiger partial charge in [0.05, 0.1) is 4.92 Å². The van der Waals surface area contributed by atoms with E-state index in [1.165, 1.54) is 6.20 Å². The summed E-state index contributed by atoms with van der Waals surface area (Å²) in [6.45, 7) is 1.92. The third kappa shape index (κ3) is 4.20. The molecule has 0 saturated carbocycles. The Kier molecular flexibility index (Phi) is 5.53. The van der Waals surface area contributed by atoms with Gasteiger partial charge in [-0.15, -0.1) is 0 Å². The van der Waals surface area contributed by atoms with Gasteiger partial charge >= 0.3 is 5.69 Å². The molecule has 26 heavy (non-hydrogen) atoms. The molecule has 0 amide bonds. The number of piperidine rings is 1. The van der Waals surface area contributed by atoms with Gasteiger partial charge in [-0.2, -0.15) is 4.98 Å². The van der Waals surface area contributed by atoms with Crippen LogP contribution in [0.5, 0.6) is 0 Å². The molecule has 2 heterocycles. The van der Waals surface area contributed by atoms with Gasteiger partial charge in [-0.3, -0.25) is 10.1 Å². The standard InChI is InChI=1S/C17H21ClN6O2/c1-22-9-7-14(8-10-22)23(2)16-15(24(25)26)11-19-17(21-16)20-13-5-3-12(18)4-6-13/h3-6,11,14H,7-10H2,1-2H3,(H,19,20,21). The van der Waals surface area contributed by atoms with Crippen LogP contribution in [0, 0.1) is 10.1 Å². The summed E-state index contributed by atoms with van der Waals surface area (Å²) >= 11 is 5.89. The largest absolute Gasteiger partial charge is 0.351 e. The van der Waals surface area contributed by atoms with Crippen molar-refractivity contribution in [3.05, 3.63) is 45.6 Å². The van der Waals surface area contributed by atoms with Crippen molar-refractivity contribution < 1.29 is 4.92 Å². The van der Waals surface area contributed by atoms with Crippen LogP contribution in [0.25, 0.3) is 0 Å². The Labute approximate surface area is 157 Å². The molecule has 1 aromatic heterocycles. The van der Waals surface area contributed by atoms with Crippen molar-refractivity contribution >= 4 is 34.7 Å². The van der Waals surface area contributed by atoms with E-state index in [1.807, 2.05) is 11.9 Å². The molecule has 0 bridgehead atoms. The van der Waals surface area contributed by atoms with Gasteiger partial charge in [0.2, 0.25) is 11.8 Å². The third-order valence-corrected chi connectivity index (χ3v) is 4.87. The maximum absolute atomic E-state index is 11.4. The second-order valence-electron chi connectivity index (χ2n) is 6.44. The summed E-state index contributed by atoms with van der Waals surface area (Å²) in [5.41, 5.74) is 0.671. The van der Waals surface area contributed by atoms with Crippen molar-refractivity contribution in [2.75, 3.05) is 37.4 Å². The van der Waals surface area contributed by atoms with Crippen molar-refractivity contribution in [1.82, 2.24) is 14.9 Å². The van der Waals surface area contributed by atoms with Gasteiger partial charge in [0, 0.05) is 23.8 Å². The van der Waals surface area contributed by atoms with Crippen LogP contribution in [0.4, 0.5) is 23.1 Å². The molecule has 8 nitrogen and oxygen atoms in total. The van der Waals surface area contributed by atoms with Crippen molar-refractivity contribution in [1.29, 1.82) is 0 Å². The Morgan fingerprint density at radius 3 is 2.58 bits per heavy atom. The molecule has 1 saturated heterocycles. The zero-order valence-corrected chi connectivity index (χ0v) is 15.5. The van der Waals surface area contributed by atoms with Crippen LogP contribution < -0.4 is 10.2 Å². The predicted octanol–water partition coefficient (Wildman–Crippen LogP) is 3.31. The molecule has 9 heteroatoms. The Morgan fingerprint density at radius 1 is 1.31 bits per heavy atom. The molecule has 2 aromatic rings. The molecule has 0 radical (unpaired) electrons. The number of aromatic nitrogens is 2. The lowest BCUT2D eigenvalue weighted by molar-refractivity contribution is -0.384. The first-order chi connectivity index (χ1) is 12.4. The minimum absolute atomic E-state index is 0.0897. The van der Waals surface area contributed by atoms with Gasteiger partial charge in [-0.05, 0) is 57.2 Å². The van der Waals surface area contributed by atoms with Crippen molar-refractivity contribution in [2.24, 2.45) is 0 Å². The number of nitrogens with zero attached hydrogens (tertiary/aromatic N) is 5. The predicted molar refractivity (Wildman–Crippen MR) is 102 cm³/mol. The summed E-state index contributed by atoms with van der Waals surface area (Å²) in [6.07, 6.45) is 3.13. The summed E-state index contributed by atoms with van der Waals surface area (Å²) in [4.78, 5) is 23.7. The van der Waals surface area contributed by atoms with E-state index in [4.69, 9.17) is 11.6 Å². The molecule has 0 atom stereocenters. The van der Waals surface area contributed by atoms with Crippen molar-refractivity contribution in [3.8, 4) is 0 Å². The smallest absolute Gasteiger partial charge is 0.329 e. The summed E-state index contributed by atoms with van der Waals surface area (Å²) in [7, 11) is 3.94. The van der Waals surface area contributed by atoms with Crippen LogP contribution in [0.3, 0.4) is 0 Å². The highest BCUT2D eigenvalue weighted by molar-refractivity contribution is 6.30. The van der Waals surface area contributed by atoms with E-state index in [0.717, 1.165) is 31.6 Å². The quantitative estimate of drug-likeness (QED) is 0.632. The fraction of sp³-hybridized carbons (Fsp3) is 0.412. The van der Waals surface area contributed by atoms with E-state index < -0.39 is 4.92 Å². The lowest BCUT2D eigenvalue weighted by Gasteiger charge is -2.35. The number of anilines is 3. The van der Waals surface area contributed by atoms with Gasteiger partial charge in [0.25, 0.3) is 0 Å². The number of hydrogen-bond acceptors (Lipinski definition) is 7. The average Bonchev–Trinajstić information content (AvgIpc) is 2.63. The third-order valence-electron chi connectivity index (χ3n) is 4.62. The average molecular weight is 377 g/mol. The maximum atomic E-state index is 11.4. The van der Waals surface area contributed by atoms with Crippen LogP contribution in [0.2, 0.25) is 5.02 Å². The van der Waals surface area contributed by atoms with E-state index in [0.29, 0.717) is 16.8 Å². The number of likely N-dealkylation sites (tertiary alicyclic amines) is 1. The number of nitrogens with one attached hydrogen (secondary N) is 1. The lowest BCUT2D eigenvalue weighted by Crippen LogP contribution is -2.42. The first kappa shape index (κ1) is 18.3. The van der Waals surface area contributed by atoms with E-state index in [1.54, 1.807) is 24.3 Å². The van der Waals surface area contributed by atoms with E-state index in [2.05, 4.69) is 27.2 Å². The van der Waals surface area contributed by atoms with Gasteiger partial charge in [-0.25, -0.2) is 4.98 Å². The topological polar surface area (TPSA) is 87.4 Å². The summed E-state index contributed by atoms with van der Waals surface area (Å²) in [5, 5.41) is 15.1. The number of nitro groups is 1. The van der Waals surface area contributed by atoms with E-state index in [9.17, 15) is 10.1 Å². The molecule has 0 unspecified atom stereocenters. The Balaban J connectivity index is 1.86. The number of rotatable bonds is 5. The van der Waals surface area contributed by atoms with Crippen LogP contribution >= 0.6 is 11.6 Å². The first-order valence-electron chi connectivity index (χ1n) is 8.39. The van der Waals surface area contributed by atoms with Crippen LogP contribution in [-0.2, 0) is 0 Å². The zero-order chi connectivity index (χ0) is 18.7. The van der Waals surface area contributed by atoms with Crippen LogP contribution in [-0.4, -0.2) is 53.0 Å². The van der Waals surface area contributed by atoms with E-state index >= 15 is 0 Å². The monoisotopic (exact) mass is 376 g/mol. The van der Waals surface area contributed by atoms with Gasteiger partial charge in [0.1, 0.15) is 6.20 Å². The van der Waals surface area contributed by atoms with Gasteiger partial charge in [-0.1, -0.05) is 11.6 Å². The molecule has 1 fully saturated rings. The Bertz CT molecular complexity index is 777. The highest BCUT2D eigenvalue weighted by Crippen LogP contribution is 2.30. The SMILES string of the molecule is CN1CCC(N(C)c2nc(Nc3ccc(Cl)cc3)ncc2[N+](=O)[O-])CC1. The normalized spacial score (nSPS) is 15.7. The van der Waals surface area contributed by atoms with Gasteiger partial charge < -0.3 is 15.1 Å². The molecule has 1 aliphatic rings. The Morgan fingerprint density at radius 2 is 1.96 bits per heavy atom. The number of hydrogen-bond donors (Lipinski definition) is 1. The highest BCUT2D eigenvalue weighted by Gasteiger charge is 2.28. The molecule has 0 aliphatic carbocycles. The fourth-order valence-corrected chi connectivity index (χ4v) is 3.16. The second kappa shape index (κ2) is 7.84. The lowest BCUT2D eigenvalue weighted by atomic mass is 10.0. The van der Waals surface area contributed by atoms with Crippen molar-refractivity contribution in [2.45, 2.75) is 18.9 Å². The molecular formula is C17H21ClN6O2. The second-order valence-corrected chi connectivity index (χ2v) is 6.87. The minimum atomic E-state index is -0.438. The summed E-state index contributed by atoms with van der Waals surface area (Å²) in [5.74, 6) is 0.642. The Hall–Kier alpha value is -2.45. The highest BCUT2D eigenvalue weighted by atomic mass is 35.5. The van der Waals surface area contributed by atoms with Crippen molar-refractivity contribution in [3.63, 3.8) is 0 Å². The molecule has 0 spiro atoms. The van der Waals surface area contributed by atoms with Gasteiger partial charge in [0.15, 0.2) is 0 Å². The number of benzene rings is 1.